The molecule has 0 saturated carbocycles. The summed E-state index contributed by atoms with van der Waals surface area (Å²) in [6, 6.07) is 16.3. The maximum atomic E-state index is 12.3. The van der Waals surface area contributed by atoms with Gasteiger partial charge in [0.05, 0.1) is 19.3 Å². The molecule has 4 heteroatoms. The van der Waals surface area contributed by atoms with Crippen LogP contribution in [-0.4, -0.2) is 32.2 Å². The number of amides is 1. The molecule has 0 bridgehead atoms. The van der Waals surface area contributed by atoms with Gasteiger partial charge in [0.15, 0.2) is 0 Å². The zero-order chi connectivity index (χ0) is 18.4. The SMILES string of the molecule is Cc1ccccc1C=CC(=O)N[C@@H](C)c1cccc(N2CCOCC2)c1. The minimum Gasteiger partial charge on any atom is -0.378 e. The summed E-state index contributed by atoms with van der Waals surface area (Å²) in [5, 5.41) is 3.05. The van der Waals surface area contributed by atoms with E-state index in [1.165, 1.54) is 5.69 Å². The molecule has 4 nitrogen and oxygen atoms in total. The third kappa shape index (κ3) is 4.73. The van der Waals surface area contributed by atoms with Crippen LogP contribution in [-0.2, 0) is 9.53 Å². The molecule has 0 radical (unpaired) electrons. The quantitative estimate of drug-likeness (QED) is 0.836. The largest absolute Gasteiger partial charge is 0.378 e. The summed E-state index contributed by atoms with van der Waals surface area (Å²) >= 11 is 0. The van der Waals surface area contributed by atoms with E-state index in [0.29, 0.717) is 0 Å². The van der Waals surface area contributed by atoms with Crippen LogP contribution in [0.4, 0.5) is 5.69 Å². The number of carbonyl (C=O) groups excluding carboxylic acids is 1. The topological polar surface area (TPSA) is 41.6 Å². The number of nitrogens with one attached hydrogen (secondary N) is 1. The van der Waals surface area contributed by atoms with Gasteiger partial charge < -0.3 is 15.0 Å². The maximum absolute atomic E-state index is 12.3. The normalized spacial score (nSPS) is 15.8. The van der Waals surface area contributed by atoms with E-state index in [2.05, 4.69) is 28.4 Å². The lowest BCUT2D eigenvalue weighted by Crippen LogP contribution is -2.36. The average molecular weight is 350 g/mol. The molecule has 1 aliphatic heterocycles. The summed E-state index contributed by atoms with van der Waals surface area (Å²) in [6.07, 6.45) is 3.46. The number of ether oxygens (including phenoxy) is 1. The Balaban J connectivity index is 1.63. The Hall–Kier alpha value is -2.59. The minimum absolute atomic E-state index is 0.0509. The molecule has 1 heterocycles. The van der Waals surface area contributed by atoms with Gasteiger partial charge in [-0.25, -0.2) is 0 Å². The fourth-order valence-electron chi connectivity index (χ4n) is 3.10. The lowest BCUT2D eigenvalue weighted by molar-refractivity contribution is -0.117. The highest BCUT2D eigenvalue weighted by molar-refractivity contribution is 5.92. The van der Waals surface area contributed by atoms with Crippen LogP contribution in [0, 0.1) is 6.92 Å². The van der Waals surface area contributed by atoms with Crippen molar-refractivity contribution in [3.8, 4) is 0 Å². The Morgan fingerprint density at radius 2 is 1.92 bits per heavy atom. The molecular formula is C22H26N2O2. The van der Waals surface area contributed by atoms with Crippen LogP contribution in [0.1, 0.15) is 29.7 Å². The van der Waals surface area contributed by atoms with Gasteiger partial charge in [0.25, 0.3) is 0 Å². The molecule has 1 aliphatic rings. The molecule has 0 spiro atoms. The monoisotopic (exact) mass is 350 g/mol. The highest BCUT2D eigenvalue weighted by Crippen LogP contribution is 2.21. The molecule has 0 aliphatic carbocycles. The standard InChI is InChI=1S/C22H26N2O2/c1-17-6-3-4-7-19(17)10-11-22(25)23-18(2)20-8-5-9-21(16-20)24-12-14-26-15-13-24/h3-11,16,18H,12-15H2,1-2H3,(H,23,25)/t18-/m0/s1. The van der Waals surface area contributed by atoms with Gasteiger partial charge in [0, 0.05) is 24.9 Å². The van der Waals surface area contributed by atoms with Crippen LogP contribution in [0.3, 0.4) is 0 Å². The minimum atomic E-state index is -0.0856. The lowest BCUT2D eigenvalue weighted by Gasteiger charge is -2.29. The van der Waals surface area contributed by atoms with Crippen molar-refractivity contribution in [2.75, 3.05) is 31.2 Å². The Kier molecular flexibility index (Phi) is 6.08. The van der Waals surface area contributed by atoms with Crippen molar-refractivity contribution < 1.29 is 9.53 Å². The van der Waals surface area contributed by atoms with E-state index >= 15 is 0 Å². The second kappa shape index (κ2) is 8.68. The highest BCUT2D eigenvalue weighted by atomic mass is 16.5. The average Bonchev–Trinajstić information content (AvgIpc) is 2.68. The number of morpholine rings is 1. The van der Waals surface area contributed by atoms with E-state index in [-0.39, 0.29) is 11.9 Å². The number of benzene rings is 2. The molecule has 3 rings (SSSR count). The predicted molar refractivity (Wildman–Crippen MR) is 106 cm³/mol. The number of anilines is 1. The van der Waals surface area contributed by atoms with E-state index < -0.39 is 0 Å². The predicted octanol–water partition coefficient (Wildman–Crippen LogP) is 3.72. The van der Waals surface area contributed by atoms with Gasteiger partial charge in [-0.05, 0) is 48.7 Å². The molecule has 0 unspecified atom stereocenters. The molecule has 1 amide bonds. The van der Waals surface area contributed by atoms with Gasteiger partial charge >= 0.3 is 0 Å². The number of nitrogens with zero attached hydrogens (tertiary/aromatic N) is 1. The van der Waals surface area contributed by atoms with Crippen molar-refractivity contribution in [1.29, 1.82) is 0 Å². The number of hydrogen-bond acceptors (Lipinski definition) is 3. The van der Waals surface area contributed by atoms with Crippen LogP contribution >= 0.6 is 0 Å². The smallest absolute Gasteiger partial charge is 0.244 e. The first-order chi connectivity index (χ1) is 12.6. The van der Waals surface area contributed by atoms with E-state index in [1.807, 2.05) is 50.3 Å². The maximum Gasteiger partial charge on any atom is 0.244 e. The summed E-state index contributed by atoms with van der Waals surface area (Å²) < 4.78 is 5.42. The first kappa shape index (κ1) is 18.2. The second-order valence-corrected chi connectivity index (χ2v) is 6.61. The third-order valence-corrected chi connectivity index (χ3v) is 4.71. The van der Waals surface area contributed by atoms with E-state index in [1.54, 1.807) is 6.08 Å². The summed E-state index contributed by atoms with van der Waals surface area (Å²) in [6.45, 7) is 7.39. The van der Waals surface area contributed by atoms with Crippen LogP contribution in [0.5, 0.6) is 0 Å². The zero-order valence-corrected chi connectivity index (χ0v) is 15.4. The summed E-state index contributed by atoms with van der Waals surface area (Å²) in [7, 11) is 0. The van der Waals surface area contributed by atoms with Crippen LogP contribution in [0.15, 0.2) is 54.6 Å². The third-order valence-electron chi connectivity index (χ3n) is 4.71. The fourth-order valence-corrected chi connectivity index (χ4v) is 3.10. The highest BCUT2D eigenvalue weighted by Gasteiger charge is 2.13. The molecule has 1 saturated heterocycles. The van der Waals surface area contributed by atoms with Gasteiger partial charge in [-0.3, -0.25) is 4.79 Å². The van der Waals surface area contributed by atoms with Crippen molar-refractivity contribution >= 4 is 17.7 Å². The first-order valence-corrected chi connectivity index (χ1v) is 9.10. The molecule has 26 heavy (non-hydrogen) atoms. The van der Waals surface area contributed by atoms with Crippen molar-refractivity contribution in [3.63, 3.8) is 0 Å². The molecule has 136 valence electrons. The van der Waals surface area contributed by atoms with Crippen LogP contribution in [0.2, 0.25) is 0 Å². The summed E-state index contributed by atoms with van der Waals surface area (Å²) in [4.78, 5) is 14.6. The zero-order valence-electron chi connectivity index (χ0n) is 15.4. The van der Waals surface area contributed by atoms with E-state index in [9.17, 15) is 4.79 Å². The number of rotatable bonds is 5. The summed E-state index contributed by atoms with van der Waals surface area (Å²) in [5.74, 6) is -0.0856. The van der Waals surface area contributed by atoms with Crippen LogP contribution < -0.4 is 10.2 Å². The molecule has 1 atom stereocenters. The lowest BCUT2D eigenvalue weighted by atomic mass is 10.1. The van der Waals surface area contributed by atoms with Gasteiger partial charge in [0.2, 0.25) is 5.91 Å². The van der Waals surface area contributed by atoms with Gasteiger partial charge in [-0.2, -0.15) is 0 Å². The van der Waals surface area contributed by atoms with Crippen molar-refractivity contribution in [1.82, 2.24) is 5.32 Å². The Labute approximate surface area is 155 Å². The first-order valence-electron chi connectivity index (χ1n) is 9.10. The molecule has 0 aromatic heterocycles. The molecule has 1 N–H and O–H groups in total. The molecule has 2 aromatic carbocycles. The van der Waals surface area contributed by atoms with Crippen molar-refractivity contribution in [2.45, 2.75) is 19.9 Å². The van der Waals surface area contributed by atoms with Gasteiger partial charge in [-0.15, -0.1) is 0 Å². The number of carbonyl (C=O) groups is 1. The Bertz CT molecular complexity index is 779. The van der Waals surface area contributed by atoms with Crippen LogP contribution in [0.25, 0.3) is 6.08 Å². The summed E-state index contributed by atoms with van der Waals surface area (Å²) in [5.41, 5.74) is 4.50. The molecule has 2 aromatic rings. The second-order valence-electron chi connectivity index (χ2n) is 6.61. The van der Waals surface area contributed by atoms with Crippen molar-refractivity contribution in [2.24, 2.45) is 0 Å². The Morgan fingerprint density at radius 1 is 1.15 bits per heavy atom. The van der Waals surface area contributed by atoms with E-state index in [4.69, 9.17) is 4.74 Å². The molecular weight excluding hydrogens is 324 g/mol. The van der Waals surface area contributed by atoms with Gasteiger partial charge in [-0.1, -0.05) is 36.4 Å². The Morgan fingerprint density at radius 3 is 2.69 bits per heavy atom. The van der Waals surface area contributed by atoms with Crippen molar-refractivity contribution in [3.05, 3.63) is 71.3 Å². The number of hydrogen-bond donors (Lipinski definition) is 1. The number of aryl methyl sites for hydroxylation is 1. The van der Waals surface area contributed by atoms with E-state index in [0.717, 1.165) is 43.0 Å². The van der Waals surface area contributed by atoms with Gasteiger partial charge in [0.1, 0.15) is 0 Å². The fraction of sp³-hybridized carbons (Fsp3) is 0.318. The molecule has 1 fully saturated rings.